The number of hydrogen-bond acceptors (Lipinski definition) is 6. The number of nitrogens with one attached hydrogen (secondary N) is 2. The third kappa shape index (κ3) is 9.41. The number of benzene rings is 2. The van der Waals surface area contributed by atoms with Gasteiger partial charge in [0, 0.05) is 31.9 Å². The van der Waals surface area contributed by atoms with E-state index in [0.29, 0.717) is 25.9 Å². The molecule has 0 saturated heterocycles. The van der Waals surface area contributed by atoms with Gasteiger partial charge in [-0.15, -0.1) is 0 Å². The first-order valence-electron chi connectivity index (χ1n) is 12.6. The molecule has 0 aliphatic heterocycles. The van der Waals surface area contributed by atoms with Crippen LogP contribution in [0.2, 0.25) is 0 Å². The van der Waals surface area contributed by atoms with Crippen molar-refractivity contribution in [1.82, 2.24) is 10.2 Å². The molecule has 0 aliphatic rings. The summed E-state index contributed by atoms with van der Waals surface area (Å²) in [5, 5.41) is 5.74. The third-order valence-corrected chi connectivity index (χ3v) is 5.87. The van der Waals surface area contributed by atoms with Gasteiger partial charge in [0.1, 0.15) is 6.04 Å². The van der Waals surface area contributed by atoms with Gasteiger partial charge in [-0.25, -0.2) is 0 Å². The summed E-state index contributed by atoms with van der Waals surface area (Å²) in [4.78, 5) is 40.3. The van der Waals surface area contributed by atoms with Gasteiger partial charge in [-0.3, -0.25) is 14.4 Å². The van der Waals surface area contributed by atoms with E-state index >= 15 is 0 Å². The number of anilines is 1. The molecular weight excluding hydrogens is 456 g/mol. The molecule has 0 aliphatic carbocycles. The first-order chi connectivity index (χ1) is 17.4. The molecule has 9 nitrogen and oxygen atoms in total. The summed E-state index contributed by atoms with van der Waals surface area (Å²) >= 11 is 0. The predicted octanol–water partition coefficient (Wildman–Crippen LogP) is 1.16. The highest BCUT2D eigenvalue weighted by Gasteiger charge is 2.26. The molecule has 36 heavy (non-hydrogen) atoms. The lowest BCUT2D eigenvalue weighted by atomic mass is 10.0. The lowest BCUT2D eigenvalue weighted by Crippen LogP contribution is -2.52. The second kappa shape index (κ2) is 15.7. The summed E-state index contributed by atoms with van der Waals surface area (Å²) in [7, 11) is 0. The molecule has 9 heteroatoms. The SMILES string of the molecule is CCCc1ccccc1NC(=O)[C@H](CCc1ccccc1)NC(=O)[C@@H](N)CC(=O)N(CCN)CCN. The van der Waals surface area contributed by atoms with Crippen LogP contribution in [0.1, 0.15) is 37.3 Å². The highest BCUT2D eigenvalue weighted by atomic mass is 16.2. The van der Waals surface area contributed by atoms with Crippen LogP contribution in [0.25, 0.3) is 0 Å². The van der Waals surface area contributed by atoms with Crippen LogP contribution in [0.5, 0.6) is 0 Å². The van der Waals surface area contributed by atoms with E-state index in [2.05, 4.69) is 17.6 Å². The van der Waals surface area contributed by atoms with Gasteiger partial charge in [-0.05, 0) is 36.5 Å². The summed E-state index contributed by atoms with van der Waals surface area (Å²) in [5.74, 6) is -1.18. The molecule has 196 valence electrons. The number of nitrogens with zero attached hydrogens (tertiary/aromatic N) is 1. The molecular formula is C27H40N6O3. The molecule has 0 aromatic heterocycles. The Kier molecular flexibility index (Phi) is 12.6. The fourth-order valence-electron chi connectivity index (χ4n) is 3.94. The van der Waals surface area contributed by atoms with Gasteiger partial charge in [0.05, 0.1) is 12.5 Å². The van der Waals surface area contributed by atoms with Gasteiger partial charge >= 0.3 is 0 Å². The van der Waals surface area contributed by atoms with Crippen molar-refractivity contribution in [1.29, 1.82) is 0 Å². The highest BCUT2D eigenvalue weighted by Crippen LogP contribution is 2.18. The molecule has 0 fully saturated rings. The van der Waals surface area contributed by atoms with Crippen molar-refractivity contribution < 1.29 is 14.4 Å². The summed E-state index contributed by atoms with van der Waals surface area (Å²) < 4.78 is 0. The number of nitrogens with two attached hydrogens (primary N) is 3. The Bertz CT molecular complexity index is 963. The van der Waals surface area contributed by atoms with Gasteiger partial charge in [0.25, 0.3) is 0 Å². The van der Waals surface area contributed by atoms with E-state index in [4.69, 9.17) is 17.2 Å². The van der Waals surface area contributed by atoms with Crippen LogP contribution in [0.4, 0.5) is 5.69 Å². The molecule has 2 aromatic carbocycles. The zero-order valence-electron chi connectivity index (χ0n) is 21.1. The van der Waals surface area contributed by atoms with Crippen molar-refractivity contribution in [3.05, 3.63) is 65.7 Å². The number of carbonyl (C=O) groups is 3. The van der Waals surface area contributed by atoms with Crippen LogP contribution in [-0.2, 0) is 27.2 Å². The first-order valence-corrected chi connectivity index (χ1v) is 12.6. The van der Waals surface area contributed by atoms with E-state index in [1.165, 1.54) is 4.90 Å². The highest BCUT2D eigenvalue weighted by molar-refractivity contribution is 5.99. The van der Waals surface area contributed by atoms with Gasteiger partial charge in [-0.1, -0.05) is 61.9 Å². The topological polar surface area (TPSA) is 157 Å². The van der Waals surface area contributed by atoms with E-state index in [9.17, 15) is 14.4 Å². The Balaban J connectivity index is 2.11. The Morgan fingerprint density at radius 1 is 0.889 bits per heavy atom. The Morgan fingerprint density at radius 3 is 2.17 bits per heavy atom. The van der Waals surface area contributed by atoms with Crippen LogP contribution >= 0.6 is 0 Å². The second-order valence-electron chi connectivity index (χ2n) is 8.75. The zero-order chi connectivity index (χ0) is 26.3. The number of hydrogen-bond donors (Lipinski definition) is 5. The standard InChI is InChI=1S/C27H40N6O3/c1-2-8-21-11-6-7-12-23(21)31-27(36)24(14-13-20-9-4-3-5-10-20)32-26(35)22(30)19-25(34)33(17-15-28)18-16-29/h3-7,9-12,22,24H,2,8,13-19,28-30H2,1H3,(H,31,36)(H,32,35)/t22-,24-/m0/s1. The fraction of sp³-hybridized carbons (Fsp3) is 0.444. The van der Waals surface area contributed by atoms with E-state index in [-0.39, 0.29) is 31.3 Å². The Morgan fingerprint density at radius 2 is 1.53 bits per heavy atom. The Labute approximate surface area is 213 Å². The van der Waals surface area contributed by atoms with Crippen molar-refractivity contribution in [3.8, 4) is 0 Å². The van der Waals surface area contributed by atoms with Crippen LogP contribution in [0.3, 0.4) is 0 Å². The number of carbonyl (C=O) groups excluding carboxylic acids is 3. The van der Waals surface area contributed by atoms with Gasteiger partial charge in [0.15, 0.2) is 0 Å². The minimum absolute atomic E-state index is 0.196. The monoisotopic (exact) mass is 496 g/mol. The normalized spacial score (nSPS) is 12.4. The maximum absolute atomic E-state index is 13.3. The molecule has 0 bridgehead atoms. The largest absolute Gasteiger partial charge is 0.343 e. The third-order valence-electron chi connectivity index (χ3n) is 5.87. The van der Waals surface area contributed by atoms with Crippen molar-refractivity contribution in [2.75, 3.05) is 31.5 Å². The summed E-state index contributed by atoms with van der Waals surface area (Å²) in [5.41, 5.74) is 20.0. The van der Waals surface area contributed by atoms with E-state index < -0.39 is 18.0 Å². The smallest absolute Gasteiger partial charge is 0.246 e. The Hall–Kier alpha value is -3.27. The molecule has 3 amide bonds. The average molecular weight is 497 g/mol. The fourth-order valence-corrected chi connectivity index (χ4v) is 3.94. The van der Waals surface area contributed by atoms with Gasteiger partial charge in [0.2, 0.25) is 17.7 Å². The molecule has 0 saturated carbocycles. The van der Waals surface area contributed by atoms with Crippen LogP contribution in [0.15, 0.2) is 54.6 Å². The molecule has 0 radical (unpaired) electrons. The minimum Gasteiger partial charge on any atom is -0.343 e. The number of amides is 3. The molecule has 2 rings (SSSR count). The lowest BCUT2D eigenvalue weighted by molar-refractivity contribution is -0.134. The number of rotatable bonds is 15. The summed E-state index contributed by atoms with van der Waals surface area (Å²) in [6, 6.07) is 15.4. The maximum Gasteiger partial charge on any atom is 0.246 e. The lowest BCUT2D eigenvalue weighted by Gasteiger charge is -2.24. The number of aryl methyl sites for hydroxylation is 2. The quantitative estimate of drug-likeness (QED) is 0.249. The molecule has 2 atom stereocenters. The van der Waals surface area contributed by atoms with Crippen LogP contribution in [0, 0.1) is 0 Å². The van der Waals surface area contributed by atoms with E-state index in [0.717, 1.165) is 29.7 Å². The van der Waals surface area contributed by atoms with Crippen LogP contribution in [-0.4, -0.2) is 60.9 Å². The molecule has 0 unspecified atom stereocenters. The van der Waals surface area contributed by atoms with Crippen LogP contribution < -0.4 is 27.8 Å². The van der Waals surface area contributed by atoms with Crippen molar-refractivity contribution >= 4 is 23.4 Å². The van der Waals surface area contributed by atoms with Crippen molar-refractivity contribution in [3.63, 3.8) is 0 Å². The first kappa shape index (κ1) is 29.0. The van der Waals surface area contributed by atoms with E-state index in [1.807, 2.05) is 54.6 Å². The summed E-state index contributed by atoms with van der Waals surface area (Å²) in [6.45, 7) is 3.32. The van der Waals surface area contributed by atoms with Gasteiger partial charge in [-0.2, -0.15) is 0 Å². The molecule has 8 N–H and O–H groups in total. The molecule has 2 aromatic rings. The average Bonchev–Trinajstić information content (AvgIpc) is 2.88. The van der Waals surface area contributed by atoms with E-state index in [1.54, 1.807) is 0 Å². The van der Waals surface area contributed by atoms with Crippen molar-refractivity contribution in [2.45, 2.75) is 51.1 Å². The molecule has 0 spiro atoms. The predicted molar refractivity (Wildman–Crippen MR) is 143 cm³/mol. The minimum atomic E-state index is -1.10. The number of para-hydroxylation sites is 1. The molecule has 0 heterocycles. The maximum atomic E-state index is 13.3. The van der Waals surface area contributed by atoms with Crippen molar-refractivity contribution in [2.24, 2.45) is 17.2 Å². The second-order valence-corrected chi connectivity index (χ2v) is 8.75. The zero-order valence-corrected chi connectivity index (χ0v) is 21.1. The summed E-state index contributed by atoms with van der Waals surface area (Å²) in [6.07, 6.45) is 2.54. The van der Waals surface area contributed by atoms with Gasteiger partial charge < -0.3 is 32.7 Å².